The number of guanidine groups is 1. The predicted octanol–water partition coefficient (Wildman–Crippen LogP) is 1.74. The third-order valence-corrected chi connectivity index (χ3v) is 6.18. The fourth-order valence-corrected chi connectivity index (χ4v) is 4.34. The van der Waals surface area contributed by atoms with Crippen molar-refractivity contribution in [2.45, 2.75) is 64.4 Å². The van der Waals surface area contributed by atoms with E-state index in [4.69, 9.17) is 0 Å². The number of nitrogens with one attached hydrogen (secondary N) is 2. The van der Waals surface area contributed by atoms with Crippen molar-refractivity contribution in [3.8, 4) is 0 Å². The van der Waals surface area contributed by atoms with E-state index in [1.807, 2.05) is 14.1 Å². The van der Waals surface area contributed by atoms with E-state index in [-0.39, 0.29) is 22.8 Å². The Bertz CT molecular complexity index is 486. The van der Waals surface area contributed by atoms with Crippen LogP contribution >= 0.6 is 0 Å². The molecule has 0 aromatic carbocycles. The number of hydrogen-bond acceptors (Lipinski definition) is 3. The van der Waals surface area contributed by atoms with Gasteiger partial charge in [0.25, 0.3) is 0 Å². The van der Waals surface area contributed by atoms with Crippen molar-refractivity contribution in [1.82, 2.24) is 15.5 Å². The highest BCUT2D eigenvalue weighted by Crippen LogP contribution is 2.39. The molecular weight excluding hydrogens is 316 g/mol. The van der Waals surface area contributed by atoms with E-state index >= 15 is 0 Å². The molecular formula is C19H36N4O2. The summed E-state index contributed by atoms with van der Waals surface area (Å²) in [5.74, 6) is 0.930. The van der Waals surface area contributed by atoms with Crippen LogP contribution in [0.2, 0.25) is 0 Å². The number of aliphatic hydroxyl groups is 1. The van der Waals surface area contributed by atoms with Crippen LogP contribution in [0.4, 0.5) is 0 Å². The molecule has 1 amide bonds. The Balaban J connectivity index is 1.92. The summed E-state index contributed by atoms with van der Waals surface area (Å²) < 4.78 is 0. The molecule has 2 saturated carbocycles. The first-order valence-corrected chi connectivity index (χ1v) is 9.67. The van der Waals surface area contributed by atoms with Crippen LogP contribution < -0.4 is 10.6 Å². The van der Waals surface area contributed by atoms with Crippen LogP contribution in [-0.2, 0) is 4.79 Å². The Morgan fingerprint density at radius 3 is 2.28 bits per heavy atom. The Morgan fingerprint density at radius 1 is 1.12 bits per heavy atom. The molecule has 2 fully saturated rings. The lowest BCUT2D eigenvalue weighted by Crippen LogP contribution is -2.52. The maximum absolute atomic E-state index is 12.7. The molecule has 0 aromatic heterocycles. The van der Waals surface area contributed by atoms with Gasteiger partial charge in [0, 0.05) is 39.6 Å². The minimum Gasteiger partial charge on any atom is -0.392 e. The second kappa shape index (κ2) is 8.39. The number of aliphatic imine (C=N–C) groups is 1. The Hall–Kier alpha value is -1.30. The largest absolute Gasteiger partial charge is 0.392 e. The van der Waals surface area contributed by atoms with E-state index in [1.54, 1.807) is 11.9 Å². The van der Waals surface area contributed by atoms with Gasteiger partial charge in [-0.15, -0.1) is 0 Å². The van der Waals surface area contributed by atoms with Crippen molar-refractivity contribution >= 4 is 11.9 Å². The summed E-state index contributed by atoms with van der Waals surface area (Å²) >= 11 is 0. The summed E-state index contributed by atoms with van der Waals surface area (Å²) in [6, 6.07) is 0. The van der Waals surface area contributed by atoms with E-state index in [9.17, 15) is 9.90 Å². The van der Waals surface area contributed by atoms with Crippen LogP contribution in [0.1, 0.15) is 58.3 Å². The molecule has 0 bridgehead atoms. The molecule has 144 valence electrons. The van der Waals surface area contributed by atoms with Crippen LogP contribution in [0.15, 0.2) is 4.99 Å². The van der Waals surface area contributed by atoms with Gasteiger partial charge in [-0.3, -0.25) is 9.79 Å². The van der Waals surface area contributed by atoms with Gasteiger partial charge in [-0.05, 0) is 25.7 Å². The van der Waals surface area contributed by atoms with Crippen molar-refractivity contribution < 1.29 is 9.90 Å². The van der Waals surface area contributed by atoms with Crippen LogP contribution in [-0.4, -0.2) is 62.2 Å². The number of carbonyl (C=O) groups is 1. The number of hydrogen-bond donors (Lipinski definition) is 3. The highest BCUT2D eigenvalue weighted by Gasteiger charge is 2.42. The number of amides is 1. The molecule has 2 atom stereocenters. The molecule has 0 aromatic rings. The van der Waals surface area contributed by atoms with Gasteiger partial charge in [-0.2, -0.15) is 0 Å². The molecule has 6 nitrogen and oxygen atoms in total. The molecule has 2 rings (SSSR count). The zero-order valence-corrected chi connectivity index (χ0v) is 16.4. The molecule has 0 radical (unpaired) electrons. The minimum atomic E-state index is -0.310. The Labute approximate surface area is 152 Å². The molecule has 2 aliphatic rings. The summed E-state index contributed by atoms with van der Waals surface area (Å²) in [6.07, 6.45) is 8.01. The minimum absolute atomic E-state index is 0.111. The van der Waals surface area contributed by atoms with Gasteiger partial charge in [0.05, 0.1) is 11.5 Å². The van der Waals surface area contributed by atoms with Gasteiger partial charge in [0.15, 0.2) is 5.96 Å². The summed E-state index contributed by atoms with van der Waals surface area (Å²) in [5.41, 5.74) is -0.421. The van der Waals surface area contributed by atoms with Gasteiger partial charge in [0.1, 0.15) is 0 Å². The normalized spacial score (nSPS) is 29.3. The highest BCUT2D eigenvalue weighted by atomic mass is 16.3. The highest BCUT2D eigenvalue weighted by molar-refractivity contribution is 5.85. The van der Waals surface area contributed by atoms with Gasteiger partial charge in [-0.1, -0.05) is 32.6 Å². The van der Waals surface area contributed by atoms with Gasteiger partial charge in [-0.25, -0.2) is 0 Å². The SMILES string of the molecule is CN=C(NCC1(C(=O)N(C)C)CCCC1)NCC1(C)CCCCC1O. The van der Waals surface area contributed by atoms with Crippen LogP contribution in [0, 0.1) is 10.8 Å². The second-order valence-electron chi connectivity index (χ2n) is 8.38. The Kier molecular flexibility index (Phi) is 6.72. The van der Waals surface area contributed by atoms with E-state index < -0.39 is 0 Å². The summed E-state index contributed by atoms with van der Waals surface area (Å²) in [4.78, 5) is 18.7. The predicted molar refractivity (Wildman–Crippen MR) is 102 cm³/mol. The number of carbonyl (C=O) groups excluding carboxylic acids is 1. The molecule has 25 heavy (non-hydrogen) atoms. The molecule has 0 aliphatic heterocycles. The molecule has 0 saturated heterocycles. The van der Waals surface area contributed by atoms with Crippen LogP contribution in [0.25, 0.3) is 0 Å². The third-order valence-electron chi connectivity index (χ3n) is 6.18. The average molecular weight is 353 g/mol. The first-order valence-electron chi connectivity index (χ1n) is 9.67. The topological polar surface area (TPSA) is 77.0 Å². The monoisotopic (exact) mass is 352 g/mol. The van der Waals surface area contributed by atoms with Crippen molar-refractivity contribution in [3.05, 3.63) is 0 Å². The smallest absolute Gasteiger partial charge is 0.230 e. The lowest BCUT2D eigenvalue weighted by molar-refractivity contribution is -0.138. The molecule has 0 spiro atoms. The number of nitrogens with zero attached hydrogens (tertiary/aromatic N) is 2. The molecule has 6 heteroatoms. The maximum atomic E-state index is 12.7. The first kappa shape index (κ1) is 20.0. The van der Waals surface area contributed by atoms with Gasteiger partial charge >= 0.3 is 0 Å². The quantitative estimate of drug-likeness (QED) is 0.520. The number of rotatable bonds is 5. The van der Waals surface area contributed by atoms with Gasteiger partial charge < -0.3 is 20.6 Å². The van der Waals surface area contributed by atoms with Crippen molar-refractivity contribution in [2.24, 2.45) is 15.8 Å². The summed E-state index contributed by atoms with van der Waals surface area (Å²) in [7, 11) is 5.42. The molecule has 2 aliphatic carbocycles. The standard InChI is InChI=1S/C19H36N4O2/c1-18(10-6-5-9-15(18)24)13-21-17(20-2)22-14-19(11-7-8-12-19)16(25)23(3)4/h15,24H,5-14H2,1-4H3,(H2,20,21,22). The molecule has 3 N–H and O–H groups in total. The maximum Gasteiger partial charge on any atom is 0.230 e. The molecule has 0 heterocycles. The summed E-state index contributed by atoms with van der Waals surface area (Å²) in [6.45, 7) is 3.45. The van der Waals surface area contributed by atoms with E-state index in [1.165, 1.54) is 6.42 Å². The lowest BCUT2D eigenvalue weighted by atomic mass is 9.73. The lowest BCUT2D eigenvalue weighted by Gasteiger charge is -2.39. The third kappa shape index (κ3) is 4.66. The van der Waals surface area contributed by atoms with Crippen LogP contribution in [0.5, 0.6) is 0 Å². The zero-order chi connectivity index (χ0) is 18.5. The van der Waals surface area contributed by atoms with E-state index in [2.05, 4.69) is 22.5 Å². The fraction of sp³-hybridized carbons (Fsp3) is 0.895. The van der Waals surface area contributed by atoms with Crippen LogP contribution in [0.3, 0.4) is 0 Å². The summed E-state index contributed by atoms with van der Waals surface area (Å²) in [5, 5.41) is 17.1. The van der Waals surface area contributed by atoms with Crippen molar-refractivity contribution in [1.29, 1.82) is 0 Å². The number of aliphatic hydroxyl groups excluding tert-OH is 1. The van der Waals surface area contributed by atoms with Gasteiger partial charge in [0.2, 0.25) is 5.91 Å². The van der Waals surface area contributed by atoms with E-state index in [0.717, 1.165) is 50.9 Å². The van der Waals surface area contributed by atoms with Crippen molar-refractivity contribution in [3.63, 3.8) is 0 Å². The Morgan fingerprint density at radius 2 is 1.72 bits per heavy atom. The zero-order valence-electron chi connectivity index (χ0n) is 16.4. The van der Waals surface area contributed by atoms with E-state index in [0.29, 0.717) is 13.1 Å². The average Bonchev–Trinajstić information content (AvgIpc) is 3.07. The second-order valence-corrected chi connectivity index (χ2v) is 8.38. The first-order chi connectivity index (χ1) is 11.8. The fourth-order valence-electron chi connectivity index (χ4n) is 4.34. The molecule has 2 unspecified atom stereocenters. The van der Waals surface area contributed by atoms with Crippen molar-refractivity contribution in [2.75, 3.05) is 34.2 Å².